The van der Waals surface area contributed by atoms with Crippen molar-refractivity contribution >= 4 is 15.0 Å². The SMILES string of the molecule is CCCCCCCCCCCCCCCCCC(=O)OO[Si](OCC)(OCC)OCC. The Labute approximate surface area is 193 Å². The predicted molar refractivity (Wildman–Crippen MR) is 127 cm³/mol. The summed E-state index contributed by atoms with van der Waals surface area (Å²) >= 11 is 0. The molecule has 186 valence electrons. The van der Waals surface area contributed by atoms with Crippen molar-refractivity contribution in [1.82, 2.24) is 0 Å². The minimum atomic E-state index is -3.39. The quantitative estimate of drug-likeness (QED) is 0.0650. The van der Waals surface area contributed by atoms with E-state index in [2.05, 4.69) is 6.92 Å². The molecule has 0 atom stereocenters. The van der Waals surface area contributed by atoms with Gasteiger partial charge in [0, 0.05) is 26.2 Å². The zero-order valence-corrected chi connectivity index (χ0v) is 21.9. The second-order valence-electron chi connectivity index (χ2n) is 8.04. The van der Waals surface area contributed by atoms with Crippen molar-refractivity contribution in [1.29, 1.82) is 0 Å². The maximum Gasteiger partial charge on any atom is 0.717 e. The molecule has 31 heavy (non-hydrogen) atoms. The van der Waals surface area contributed by atoms with Gasteiger partial charge in [-0.05, 0) is 27.2 Å². The first-order chi connectivity index (χ1) is 15.1. The fourth-order valence-electron chi connectivity index (χ4n) is 3.51. The molecule has 0 aromatic heterocycles. The van der Waals surface area contributed by atoms with Gasteiger partial charge in [0.05, 0.1) is 0 Å². The molecule has 0 radical (unpaired) electrons. The second kappa shape index (κ2) is 22.7. The molecular weight excluding hydrogens is 412 g/mol. The summed E-state index contributed by atoms with van der Waals surface area (Å²) in [5.41, 5.74) is 0. The zero-order valence-electron chi connectivity index (χ0n) is 20.9. The van der Waals surface area contributed by atoms with Crippen LogP contribution in [0.3, 0.4) is 0 Å². The van der Waals surface area contributed by atoms with Gasteiger partial charge < -0.3 is 18.2 Å². The van der Waals surface area contributed by atoms with E-state index >= 15 is 0 Å². The van der Waals surface area contributed by atoms with Crippen molar-refractivity contribution < 1.29 is 27.5 Å². The molecule has 0 rings (SSSR count). The fraction of sp³-hybridized carbons (Fsp3) is 0.958. The van der Waals surface area contributed by atoms with Crippen LogP contribution in [-0.4, -0.2) is 34.8 Å². The summed E-state index contributed by atoms with van der Waals surface area (Å²) in [5.74, 6) is -0.398. The molecule has 0 bridgehead atoms. The van der Waals surface area contributed by atoms with Crippen LogP contribution in [0, 0.1) is 0 Å². The molecule has 0 aromatic carbocycles. The van der Waals surface area contributed by atoms with Crippen LogP contribution in [0.15, 0.2) is 0 Å². The molecular formula is C24H50O6Si. The van der Waals surface area contributed by atoms with E-state index in [1.807, 2.05) is 20.8 Å². The first kappa shape index (κ1) is 30.5. The highest BCUT2D eigenvalue weighted by Crippen LogP contribution is 2.15. The van der Waals surface area contributed by atoms with Crippen LogP contribution in [0.25, 0.3) is 0 Å². The Morgan fingerprint density at radius 2 is 0.903 bits per heavy atom. The summed E-state index contributed by atoms with van der Waals surface area (Å²) in [6, 6.07) is 0. The minimum Gasteiger partial charge on any atom is -0.350 e. The number of rotatable bonds is 24. The van der Waals surface area contributed by atoms with E-state index in [0.29, 0.717) is 26.2 Å². The van der Waals surface area contributed by atoms with Crippen molar-refractivity contribution in [2.75, 3.05) is 19.8 Å². The molecule has 0 unspecified atom stereocenters. The Bertz CT molecular complexity index is 377. The molecule has 0 saturated carbocycles. The lowest BCUT2D eigenvalue weighted by atomic mass is 10.0. The Morgan fingerprint density at radius 1 is 0.548 bits per heavy atom. The van der Waals surface area contributed by atoms with Gasteiger partial charge in [0.2, 0.25) is 0 Å². The molecule has 0 aromatic rings. The molecule has 6 nitrogen and oxygen atoms in total. The number of carbonyl (C=O) groups excluding carboxylic acids is 1. The van der Waals surface area contributed by atoms with E-state index in [1.165, 1.54) is 83.5 Å². The van der Waals surface area contributed by atoms with Crippen LogP contribution >= 0.6 is 0 Å². The van der Waals surface area contributed by atoms with Crippen LogP contribution in [0.2, 0.25) is 0 Å². The molecule has 0 aliphatic rings. The van der Waals surface area contributed by atoms with E-state index in [0.717, 1.165) is 12.8 Å². The Hall–Kier alpha value is -0.473. The maximum absolute atomic E-state index is 11.9. The topological polar surface area (TPSA) is 63.2 Å². The van der Waals surface area contributed by atoms with Gasteiger partial charge in [0.1, 0.15) is 0 Å². The minimum absolute atomic E-state index is 0.340. The van der Waals surface area contributed by atoms with Gasteiger partial charge in [-0.25, -0.2) is 4.79 Å². The summed E-state index contributed by atoms with van der Waals surface area (Å²) < 4.78 is 21.7. The van der Waals surface area contributed by atoms with Crippen molar-refractivity contribution in [2.45, 2.75) is 130 Å². The number of carbonyl (C=O) groups is 1. The molecule has 0 fully saturated rings. The van der Waals surface area contributed by atoms with Crippen LogP contribution in [0.1, 0.15) is 130 Å². The summed E-state index contributed by atoms with van der Waals surface area (Å²) in [6.45, 7) is 8.82. The van der Waals surface area contributed by atoms with Crippen molar-refractivity contribution in [2.24, 2.45) is 0 Å². The lowest BCUT2D eigenvalue weighted by Crippen LogP contribution is -2.49. The van der Waals surface area contributed by atoms with E-state index in [1.54, 1.807) is 0 Å². The molecule has 0 aliphatic carbocycles. The van der Waals surface area contributed by atoms with Gasteiger partial charge in [0.25, 0.3) is 0 Å². The third-order valence-corrected chi connectivity index (χ3v) is 7.40. The Morgan fingerprint density at radius 3 is 1.26 bits per heavy atom. The normalized spacial score (nSPS) is 11.7. The largest absolute Gasteiger partial charge is 0.717 e. The van der Waals surface area contributed by atoms with Crippen molar-refractivity contribution in [3.63, 3.8) is 0 Å². The third kappa shape index (κ3) is 18.8. The first-order valence-corrected chi connectivity index (χ1v) is 14.6. The van der Waals surface area contributed by atoms with Crippen LogP contribution in [-0.2, 0) is 27.5 Å². The van der Waals surface area contributed by atoms with Gasteiger partial charge >= 0.3 is 15.0 Å². The van der Waals surface area contributed by atoms with E-state index < -0.39 is 15.0 Å². The lowest BCUT2D eigenvalue weighted by Gasteiger charge is -2.24. The molecule has 7 heteroatoms. The number of hydrogen-bond donors (Lipinski definition) is 0. The molecule has 0 amide bonds. The average Bonchev–Trinajstić information content (AvgIpc) is 2.75. The van der Waals surface area contributed by atoms with Crippen molar-refractivity contribution in [3.05, 3.63) is 0 Å². The van der Waals surface area contributed by atoms with Gasteiger partial charge in [0.15, 0.2) is 0 Å². The molecule has 0 saturated heterocycles. The van der Waals surface area contributed by atoms with Crippen molar-refractivity contribution in [3.8, 4) is 0 Å². The van der Waals surface area contributed by atoms with Crippen LogP contribution in [0.4, 0.5) is 0 Å². The van der Waals surface area contributed by atoms with Crippen LogP contribution < -0.4 is 0 Å². The predicted octanol–water partition coefficient (Wildman–Crippen LogP) is 7.27. The Kier molecular flexibility index (Phi) is 22.4. The summed E-state index contributed by atoms with van der Waals surface area (Å²) in [6.07, 6.45) is 19.8. The van der Waals surface area contributed by atoms with E-state index in [4.69, 9.17) is 22.7 Å². The number of hydrogen-bond acceptors (Lipinski definition) is 6. The summed E-state index contributed by atoms with van der Waals surface area (Å²) in [7, 11) is -3.39. The average molecular weight is 463 g/mol. The highest BCUT2D eigenvalue weighted by Gasteiger charge is 2.48. The highest BCUT2D eigenvalue weighted by molar-refractivity contribution is 6.53. The molecule has 0 aliphatic heterocycles. The third-order valence-electron chi connectivity index (χ3n) is 5.18. The lowest BCUT2D eigenvalue weighted by molar-refractivity contribution is -0.258. The van der Waals surface area contributed by atoms with E-state index in [9.17, 15) is 4.79 Å². The fourth-order valence-corrected chi connectivity index (χ4v) is 5.16. The molecule has 0 spiro atoms. The maximum atomic E-state index is 11.9. The highest BCUT2D eigenvalue weighted by atomic mass is 28.4. The van der Waals surface area contributed by atoms with Crippen LogP contribution in [0.5, 0.6) is 0 Å². The van der Waals surface area contributed by atoms with Gasteiger partial charge in [-0.2, -0.15) is 0 Å². The van der Waals surface area contributed by atoms with Gasteiger partial charge in [-0.3, -0.25) is 0 Å². The first-order valence-electron chi connectivity index (χ1n) is 12.9. The molecule has 0 N–H and O–H groups in total. The zero-order chi connectivity index (χ0) is 23.0. The summed E-state index contributed by atoms with van der Waals surface area (Å²) in [5, 5.41) is 0. The summed E-state index contributed by atoms with van der Waals surface area (Å²) in [4.78, 5) is 16.9. The smallest absolute Gasteiger partial charge is 0.350 e. The standard InChI is InChI=1S/C24H50O6Si/c1-5-9-10-11-12-13-14-15-16-17-18-19-20-21-22-23-24(25)29-30-31(26-6-2,27-7-3)28-8-4/h5-23H2,1-4H3. The molecule has 0 heterocycles. The van der Waals surface area contributed by atoms with Gasteiger partial charge in [-0.1, -0.05) is 96.8 Å². The van der Waals surface area contributed by atoms with E-state index in [-0.39, 0.29) is 0 Å². The monoisotopic (exact) mass is 462 g/mol. The Balaban J connectivity index is 3.58. The van der Waals surface area contributed by atoms with Gasteiger partial charge in [-0.15, -0.1) is 4.58 Å². The number of unbranched alkanes of at least 4 members (excludes halogenated alkanes) is 14. The second-order valence-corrected chi connectivity index (χ2v) is 10.1.